The van der Waals surface area contributed by atoms with Gasteiger partial charge in [0.05, 0.1) is 12.5 Å². The van der Waals surface area contributed by atoms with Gasteiger partial charge in [-0.25, -0.2) is 4.39 Å². The van der Waals surface area contributed by atoms with Crippen LogP contribution in [-0.4, -0.2) is 45.5 Å². The number of likely N-dealkylation sites (N-methyl/N-ethyl adjacent to an activating group) is 1. The molecule has 0 aliphatic rings. The highest BCUT2D eigenvalue weighted by molar-refractivity contribution is 5.78. The van der Waals surface area contributed by atoms with Crippen molar-refractivity contribution in [3.63, 3.8) is 0 Å². The maximum Gasteiger partial charge on any atom is 0.224 e. The average molecular weight is 343 g/mol. The van der Waals surface area contributed by atoms with Crippen LogP contribution in [-0.2, 0) is 11.2 Å². The lowest BCUT2D eigenvalue weighted by molar-refractivity contribution is -0.120. The molecule has 1 amide bonds. The molecule has 0 unspecified atom stereocenters. The number of halogens is 1. The molecule has 2 aromatic carbocycles. The fourth-order valence-corrected chi connectivity index (χ4v) is 2.65. The van der Waals surface area contributed by atoms with Gasteiger partial charge in [0.15, 0.2) is 0 Å². The van der Waals surface area contributed by atoms with Gasteiger partial charge in [-0.2, -0.15) is 0 Å². The van der Waals surface area contributed by atoms with Crippen LogP contribution >= 0.6 is 0 Å². The number of hydrogen-bond donors (Lipinski definition) is 1. The Morgan fingerprint density at radius 3 is 2.12 bits per heavy atom. The zero-order chi connectivity index (χ0) is 18.4. The molecule has 0 radical (unpaired) electrons. The Morgan fingerprint density at radius 2 is 1.60 bits per heavy atom. The van der Waals surface area contributed by atoms with Gasteiger partial charge in [0, 0.05) is 26.3 Å². The maximum atomic E-state index is 12.9. The van der Waals surface area contributed by atoms with E-state index in [0.717, 1.165) is 16.8 Å². The first-order chi connectivity index (χ1) is 11.9. The van der Waals surface area contributed by atoms with Crippen LogP contribution in [0, 0.1) is 5.82 Å². The number of carbonyl (C=O) groups is 1. The van der Waals surface area contributed by atoms with Crippen molar-refractivity contribution in [1.82, 2.24) is 10.2 Å². The number of anilines is 1. The molecular weight excluding hydrogens is 317 g/mol. The van der Waals surface area contributed by atoms with E-state index in [-0.39, 0.29) is 24.2 Å². The minimum Gasteiger partial charge on any atom is -0.378 e. The second kappa shape index (κ2) is 8.62. The molecular formula is C20H26FN3O. The quantitative estimate of drug-likeness (QED) is 0.840. The standard InChI is InChI=1S/C20H26FN3O/c1-23(2)18-11-7-16(8-12-18)19(24(3)4)14-22-20(25)13-15-5-9-17(21)10-6-15/h5-12,19H,13-14H2,1-4H3,(H,22,25)/t19-/m1/s1. The first-order valence-electron chi connectivity index (χ1n) is 8.31. The van der Waals surface area contributed by atoms with Crippen molar-refractivity contribution in [1.29, 1.82) is 0 Å². The number of rotatable bonds is 7. The Balaban J connectivity index is 1.96. The lowest BCUT2D eigenvalue weighted by Crippen LogP contribution is -2.35. The zero-order valence-electron chi connectivity index (χ0n) is 15.3. The monoisotopic (exact) mass is 343 g/mol. The predicted molar refractivity (Wildman–Crippen MR) is 100 cm³/mol. The topological polar surface area (TPSA) is 35.6 Å². The molecule has 4 nitrogen and oxygen atoms in total. The molecule has 2 rings (SSSR count). The molecule has 1 N–H and O–H groups in total. The third-order valence-corrected chi connectivity index (χ3v) is 4.19. The molecule has 0 aliphatic carbocycles. The molecule has 0 heterocycles. The van der Waals surface area contributed by atoms with Gasteiger partial charge in [-0.1, -0.05) is 24.3 Å². The van der Waals surface area contributed by atoms with Gasteiger partial charge >= 0.3 is 0 Å². The first kappa shape index (κ1) is 18.9. The maximum absolute atomic E-state index is 12.9. The number of nitrogens with one attached hydrogen (secondary N) is 1. The molecule has 134 valence electrons. The molecule has 0 aromatic heterocycles. The molecule has 0 saturated carbocycles. The number of benzene rings is 2. The Bertz CT molecular complexity index is 681. The largest absolute Gasteiger partial charge is 0.378 e. The highest BCUT2D eigenvalue weighted by Gasteiger charge is 2.15. The van der Waals surface area contributed by atoms with Gasteiger partial charge in [-0.15, -0.1) is 0 Å². The first-order valence-corrected chi connectivity index (χ1v) is 8.31. The lowest BCUT2D eigenvalue weighted by Gasteiger charge is -2.26. The fourth-order valence-electron chi connectivity index (χ4n) is 2.65. The van der Waals surface area contributed by atoms with Crippen molar-refractivity contribution in [3.8, 4) is 0 Å². The van der Waals surface area contributed by atoms with Gasteiger partial charge in [-0.05, 0) is 49.5 Å². The van der Waals surface area contributed by atoms with Crippen molar-refractivity contribution in [3.05, 3.63) is 65.5 Å². The van der Waals surface area contributed by atoms with Crippen LogP contribution in [0.1, 0.15) is 17.2 Å². The fraction of sp³-hybridized carbons (Fsp3) is 0.350. The molecule has 0 fully saturated rings. The summed E-state index contributed by atoms with van der Waals surface area (Å²) in [5, 5.41) is 2.98. The highest BCUT2D eigenvalue weighted by Crippen LogP contribution is 2.21. The normalized spacial score (nSPS) is 12.1. The summed E-state index contributed by atoms with van der Waals surface area (Å²) in [5.41, 5.74) is 3.09. The molecule has 1 atom stereocenters. The third-order valence-electron chi connectivity index (χ3n) is 4.19. The van der Waals surface area contributed by atoms with E-state index >= 15 is 0 Å². The van der Waals surface area contributed by atoms with Crippen LogP contribution in [0.4, 0.5) is 10.1 Å². The van der Waals surface area contributed by atoms with Gasteiger partial charge in [0.25, 0.3) is 0 Å². The van der Waals surface area contributed by atoms with E-state index in [1.54, 1.807) is 12.1 Å². The highest BCUT2D eigenvalue weighted by atomic mass is 19.1. The van der Waals surface area contributed by atoms with Crippen LogP contribution in [0.3, 0.4) is 0 Å². The second-order valence-corrected chi connectivity index (χ2v) is 6.57. The molecule has 25 heavy (non-hydrogen) atoms. The van der Waals surface area contributed by atoms with Crippen LogP contribution in [0.15, 0.2) is 48.5 Å². The molecule has 0 bridgehead atoms. The Morgan fingerprint density at radius 1 is 1.00 bits per heavy atom. The van der Waals surface area contributed by atoms with Gasteiger partial charge in [0.1, 0.15) is 5.82 Å². The van der Waals surface area contributed by atoms with Gasteiger partial charge in [-0.3, -0.25) is 4.79 Å². The summed E-state index contributed by atoms with van der Waals surface area (Å²) in [6.45, 7) is 0.522. The van der Waals surface area contributed by atoms with Crippen molar-refractivity contribution in [2.45, 2.75) is 12.5 Å². The van der Waals surface area contributed by atoms with Crippen molar-refractivity contribution in [2.75, 3.05) is 39.6 Å². The molecule has 0 saturated heterocycles. The summed E-state index contributed by atoms with van der Waals surface area (Å²) in [4.78, 5) is 16.3. The molecule has 0 aliphatic heterocycles. The minimum atomic E-state index is -0.294. The summed E-state index contributed by atoms with van der Waals surface area (Å²) in [6, 6.07) is 14.4. The lowest BCUT2D eigenvalue weighted by atomic mass is 10.0. The van der Waals surface area contributed by atoms with Crippen LogP contribution in [0.5, 0.6) is 0 Å². The van der Waals surface area contributed by atoms with E-state index in [2.05, 4.69) is 39.4 Å². The van der Waals surface area contributed by atoms with E-state index < -0.39 is 0 Å². The summed E-state index contributed by atoms with van der Waals surface area (Å²) < 4.78 is 12.9. The van der Waals surface area contributed by atoms with Gasteiger partial charge in [0.2, 0.25) is 5.91 Å². The molecule has 0 spiro atoms. The smallest absolute Gasteiger partial charge is 0.224 e. The number of nitrogens with zero attached hydrogens (tertiary/aromatic N) is 2. The van der Waals surface area contributed by atoms with Crippen molar-refractivity contribution in [2.24, 2.45) is 0 Å². The summed E-state index contributed by atoms with van der Waals surface area (Å²) in [7, 11) is 8.01. The van der Waals surface area contributed by atoms with E-state index in [1.807, 2.05) is 28.2 Å². The number of carbonyl (C=O) groups excluding carboxylic acids is 1. The van der Waals surface area contributed by atoms with E-state index in [0.29, 0.717) is 6.54 Å². The minimum absolute atomic E-state index is 0.0663. The zero-order valence-corrected chi connectivity index (χ0v) is 15.3. The Labute approximate surface area is 149 Å². The van der Waals surface area contributed by atoms with Crippen LogP contribution in [0.2, 0.25) is 0 Å². The van der Waals surface area contributed by atoms with E-state index in [4.69, 9.17) is 0 Å². The Hall–Kier alpha value is -2.40. The van der Waals surface area contributed by atoms with Gasteiger partial charge < -0.3 is 15.1 Å². The molecule has 5 heteroatoms. The van der Waals surface area contributed by atoms with Crippen molar-refractivity contribution >= 4 is 11.6 Å². The van der Waals surface area contributed by atoms with Crippen LogP contribution < -0.4 is 10.2 Å². The van der Waals surface area contributed by atoms with E-state index in [9.17, 15) is 9.18 Å². The summed E-state index contributed by atoms with van der Waals surface area (Å²) in [6.07, 6.45) is 0.250. The average Bonchev–Trinajstić information content (AvgIpc) is 2.57. The summed E-state index contributed by atoms with van der Waals surface area (Å²) >= 11 is 0. The van der Waals surface area contributed by atoms with E-state index in [1.165, 1.54) is 12.1 Å². The number of hydrogen-bond acceptors (Lipinski definition) is 3. The third kappa shape index (κ3) is 5.57. The summed E-state index contributed by atoms with van der Waals surface area (Å²) in [5.74, 6) is -0.360. The van der Waals surface area contributed by atoms with Crippen LogP contribution in [0.25, 0.3) is 0 Å². The number of amides is 1. The Kier molecular flexibility index (Phi) is 6.53. The predicted octanol–water partition coefficient (Wildman–Crippen LogP) is 2.85. The SMILES string of the molecule is CN(C)c1ccc([C@@H](CNC(=O)Cc2ccc(F)cc2)N(C)C)cc1. The second-order valence-electron chi connectivity index (χ2n) is 6.57. The molecule has 2 aromatic rings. The van der Waals surface area contributed by atoms with Crippen molar-refractivity contribution < 1.29 is 9.18 Å².